The molecule has 0 saturated carbocycles. The number of fused-ring (bicyclic) bond motifs is 7. The van der Waals surface area contributed by atoms with Crippen LogP contribution in [0.1, 0.15) is 29.6 Å². The van der Waals surface area contributed by atoms with Gasteiger partial charge in [-0.2, -0.15) is 0 Å². The number of nitrogens with zero attached hydrogens (tertiary/aromatic N) is 3. The number of benzene rings is 7. The third kappa shape index (κ3) is 5.29. The Morgan fingerprint density at radius 3 is 2.00 bits per heavy atom. The van der Waals surface area contributed by atoms with Crippen molar-refractivity contribution in [3.05, 3.63) is 180 Å². The lowest BCUT2D eigenvalue weighted by Crippen LogP contribution is -2.04. The van der Waals surface area contributed by atoms with Crippen molar-refractivity contribution in [1.29, 1.82) is 0 Å². The maximum atomic E-state index is 6.53. The highest BCUT2D eigenvalue weighted by molar-refractivity contribution is 6.11. The lowest BCUT2D eigenvalue weighted by Gasteiger charge is -2.12. The number of hydrogen-bond donors (Lipinski definition) is 0. The average molecular weight is 682 g/mol. The van der Waals surface area contributed by atoms with E-state index in [1.807, 2.05) is 85.8 Å². The zero-order valence-corrected chi connectivity index (χ0v) is 28.8. The normalized spacial score (nSPS) is 12.3. The van der Waals surface area contributed by atoms with Crippen molar-refractivity contribution in [1.82, 2.24) is 15.0 Å². The van der Waals surface area contributed by atoms with Gasteiger partial charge in [-0.15, -0.1) is 0 Å². The van der Waals surface area contributed by atoms with E-state index in [1.165, 1.54) is 16.2 Å². The van der Waals surface area contributed by atoms with Gasteiger partial charge in [0.05, 0.1) is 0 Å². The molecule has 0 unspecified atom stereocenters. The number of allylic oxidation sites excluding steroid dienone is 1. The average Bonchev–Trinajstić information content (AvgIpc) is 3.78. The van der Waals surface area contributed by atoms with Crippen LogP contribution < -0.4 is 0 Å². The Morgan fingerprint density at radius 1 is 0.509 bits per heavy atom. The zero-order chi connectivity index (χ0) is 35.3. The van der Waals surface area contributed by atoms with Gasteiger partial charge < -0.3 is 8.83 Å². The Balaban J connectivity index is 1.27. The standard InChI is InChI=1S/C48H31N3O2/c1-2-13-43-44(39-20-9-11-23-42(39)52-43)40(29-33-17-12-21-38-37-19-8-10-22-41(37)53-45(33)38)48-50-46(31-15-4-3-5-16-31)49-47(51-48)34-26-27-36-32(28-34)25-24-30-14-6-7-18-35(30)36/h2-29H,1H3/b13-2-,40-29-. The van der Waals surface area contributed by atoms with Gasteiger partial charge in [-0.1, -0.05) is 140 Å². The van der Waals surface area contributed by atoms with Gasteiger partial charge in [0.2, 0.25) is 0 Å². The Morgan fingerprint density at radius 2 is 1.17 bits per heavy atom. The second kappa shape index (κ2) is 12.6. The summed E-state index contributed by atoms with van der Waals surface area (Å²) in [6.45, 7) is 1.99. The minimum absolute atomic E-state index is 0.526. The molecule has 3 heterocycles. The van der Waals surface area contributed by atoms with E-state index in [9.17, 15) is 0 Å². The van der Waals surface area contributed by atoms with E-state index in [-0.39, 0.29) is 0 Å². The van der Waals surface area contributed by atoms with Crippen LogP contribution in [-0.2, 0) is 0 Å². The molecule has 0 spiro atoms. The van der Waals surface area contributed by atoms with E-state index >= 15 is 0 Å². The van der Waals surface area contributed by atoms with Crippen molar-refractivity contribution in [2.45, 2.75) is 6.92 Å². The monoisotopic (exact) mass is 681 g/mol. The fraction of sp³-hybridized carbons (Fsp3) is 0.0208. The Kier molecular flexibility index (Phi) is 7.29. The number of aromatic nitrogens is 3. The van der Waals surface area contributed by atoms with E-state index in [0.29, 0.717) is 17.5 Å². The second-order valence-corrected chi connectivity index (χ2v) is 13.1. The van der Waals surface area contributed by atoms with Gasteiger partial charge in [-0.3, -0.25) is 0 Å². The SMILES string of the molecule is C/C=C\c1oc2ccccc2c1/C(=C/c1cccc2c1oc1ccccc12)c1nc(-c2ccccc2)nc(-c2ccc3c(ccc4ccccc43)c2)n1. The summed E-state index contributed by atoms with van der Waals surface area (Å²) in [7, 11) is 0. The molecule has 3 aromatic heterocycles. The predicted molar refractivity (Wildman–Crippen MR) is 217 cm³/mol. The Hall–Kier alpha value is -7.11. The quantitative estimate of drug-likeness (QED) is 0.163. The van der Waals surface area contributed by atoms with Crippen molar-refractivity contribution < 1.29 is 8.83 Å². The van der Waals surface area contributed by atoms with E-state index in [1.54, 1.807) is 0 Å². The highest BCUT2D eigenvalue weighted by Crippen LogP contribution is 2.40. The minimum atomic E-state index is 0.526. The number of para-hydroxylation sites is 3. The molecular formula is C48H31N3O2. The van der Waals surface area contributed by atoms with Gasteiger partial charge in [-0.25, -0.2) is 15.0 Å². The zero-order valence-electron chi connectivity index (χ0n) is 28.8. The van der Waals surface area contributed by atoms with Crippen LogP contribution in [0.4, 0.5) is 0 Å². The molecule has 0 amide bonds. The molecule has 0 aliphatic carbocycles. The van der Waals surface area contributed by atoms with E-state index in [0.717, 1.165) is 71.9 Å². The molecule has 0 saturated heterocycles. The molecule has 5 heteroatoms. The first-order valence-electron chi connectivity index (χ1n) is 17.7. The molecule has 0 bridgehead atoms. The van der Waals surface area contributed by atoms with Gasteiger partial charge in [0.1, 0.15) is 22.5 Å². The summed E-state index contributed by atoms with van der Waals surface area (Å²) in [4.78, 5) is 15.6. The van der Waals surface area contributed by atoms with Crippen molar-refractivity contribution in [2.75, 3.05) is 0 Å². The van der Waals surface area contributed by atoms with Gasteiger partial charge >= 0.3 is 0 Å². The molecule has 0 aliphatic rings. The summed E-state index contributed by atoms with van der Waals surface area (Å²) in [6, 6.07) is 51.9. The number of furan rings is 2. The fourth-order valence-electron chi connectivity index (χ4n) is 7.39. The molecule has 250 valence electrons. The smallest absolute Gasteiger partial charge is 0.164 e. The summed E-state index contributed by atoms with van der Waals surface area (Å²) in [5.41, 5.74) is 6.81. The summed E-state index contributed by atoms with van der Waals surface area (Å²) in [5, 5.41) is 7.80. The van der Waals surface area contributed by atoms with Crippen molar-refractivity contribution >= 4 is 72.2 Å². The second-order valence-electron chi connectivity index (χ2n) is 13.1. The summed E-state index contributed by atoms with van der Waals surface area (Å²) in [6.07, 6.45) is 6.13. The summed E-state index contributed by atoms with van der Waals surface area (Å²) < 4.78 is 13.0. The Bertz CT molecular complexity index is 3080. The summed E-state index contributed by atoms with van der Waals surface area (Å²) in [5.74, 6) is 2.41. The summed E-state index contributed by atoms with van der Waals surface area (Å²) >= 11 is 0. The molecule has 0 fully saturated rings. The maximum Gasteiger partial charge on any atom is 0.164 e. The third-order valence-corrected chi connectivity index (χ3v) is 9.86. The lowest BCUT2D eigenvalue weighted by molar-refractivity contribution is 0.603. The van der Waals surface area contributed by atoms with Crippen LogP contribution in [0.3, 0.4) is 0 Å². The molecule has 0 aliphatic heterocycles. The molecule has 53 heavy (non-hydrogen) atoms. The van der Waals surface area contributed by atoms with Crippen molar-refractivity contribution in [3.8, 4) is 22.8 Å². The van der Waals surface area contributed by atoms with Crippen molar-refractivity contribution in [2.24, 2.45) is 0 Å². The molecule has 0 N–H and O–H groups in total. The minimum Gasteiger partial charge on any atom is -0.456 e. The first-order valence-corrected chi connectivity index (χ1v) is 17.7. The number of rotatable bonds is 6. The van der Waals surface area contributed by atoms with Crippen LogP contribution in [-0.4, -0.2) is 15.0 Å². The lowest BCUT2D eigenvalue weighted by atomic mass is 9.97. The predicted octanol–water partition coefficient (Wildman–Crippen LogP) is 12.8. The topological polar surface area (TPSA) is 65.0 Å². The molecular weight excluding hydrogens is 651 g/mol. The first-order chi connectivity index (χ1) is 26.2. The van der Waals surface area contributed by atoms with Crippen LogP contribution in [0, 0.1) is 0 Å². The van der Waals surface area contributed by atoms with Gasteiger partial charge in [-0.05, 0) is 58.8 Å². The molecule has 0 atom stereocenters. The molecule has 5 nitrogen and oxygen atoms in total. The van der Waals surface area contributed by atoms with Crippen LogP contribution in [0.15, 0.2) is 167 Å². The highest BCUT2D eigenvalue weighted by atomic mass is 16.3. The third-order valence-electron chi connectivity index (χ3n) is 9.86. The first kappa shape index (κ1) is 30.7. The highest BCUT2D eigenvalue weighted by Gasteiger charge is 2.23. The Labute approximate surface area is 305 Å². The molecule has 10 rings (SSSR count). The van der Waals surface area contributed by atoms with Crippen LogP contribution >= 0.6 is 0 Å². The fourth-order valence-corrected chi connectivity index (χ4v) is 7.39. The molecule has 10 aromatic rings. The van der Waals surface area contributed by atoms with Crippen LogP contribution in [0.5, 0.6) is 0 Å². The van der Waals surface area contributed by atoms with Gasteiger partial charge in [0.25, 0.3) is 0 Å². The van der Waals surface area contributed by atoms with Gasteiger partial charge in [0.15, 0.2) is 17.5 Å². The van der Waals surface area contributed by atoms with Gasteiger partial charge in [0, 0.05) is 44.0 Å². The van der Waals surface area contributed by atoms with E-state index < -0.39 is 0 Å². The van der Waals surface area contributed by atoms with Crippen molar-refractivity contribution in [3.63, 3.8) is 0 Å². The molecule has 0 radical (unpaired) electrons. The largest absolute Gasteiger partial charge is 0.456 e. The maximum absolute atomic E-state index is 6.53. The molecule has 7 aromatic carbocycles. The van der Waals surface area contributed by atoms with E-state index in [4.69, 9.17) is 23.8 Å². The van der Waals surface area contributed by atoms with Crippen LogP contribution in [0.2, 0.25) is 0 Å². The number of hydrogen-bond acceptors (Lipinski definition) is 5. The van der Waals surface area contributed by atoms with Crippen LogP contribution in [0.25, 0.3) is 95.0 Å². The van der Waals surface area contributed by atoms with E-state index in [2.05, 4.69) is 91.0 Å².